The third-order valence-corrected chi connectivity index (χ3v) is 4.70. The van der Waals surface area contributed by atoms with Crippen molar-refractivity contribution in [3.63, 3.8) is 0 Å². The maximum atomic E-state index is 10.2. The second-order valence-electron chi connectivity index (χ2n) is 8.84. The van der Waals surface area contributed by atoms with Crippen LogP contribution in [0.1, 0.15) is 53.4 Å². The smallest absolute Gasteiger partial charge is 0.548 e. The number of primary amides is 4. The van der Waals surface area contributed by atoms with Crippen LogP contribution in [0.4, 0.5) is 0 Å². The van der Waals surface area contributed by atoms with Gasteiger partial charge in [-0.1, -0.05) is 0 Å². The van der Waals surface area contributed by atoms with Crippen molar-refractivity contribution in [2.45, 2.75) is 77.5 Å². The van der Waals surface area contributed by atoms with Gasteiger partial charge in [-0.2, -0.15) is 0 Å². The number of aliphatic carboxylic acids is 4. The Bertz CT molecular complexity index is 791. The minimum Gasteiger partial charge on any atom is -0.548 e. The summed E-state index contributed by atoms with van der Waals surface area (Å²) < 4.78 is 0. The molecule has 24 heteroatoms. The number of amides is 4. The van der Waals surface area contributed by atoms with E-state index in [4.69, 9.17) is 22.9 Å². The number of carbonyl (C=O) groups excluding carboxylic acids is 8. The number of hydrogen-bond acceptors (Lipinski definition) is 16. The quantitative estimate of drug-likeness (QED) is 0.0530. The summed E-state index contributed by atoms with van der Waals surface area (Å²) in [5.74, 6) is -6.56. The molecule has 0 aliphatic carbocycles. The van der Waals surface area contributed by atoms with Crippen LogP contribution in [0, 0.1) is 0 Å². The van der Waals surface area contributed by atoms with Gasteiger partial charge in [-0.25, -0.2) is 0 Å². The van der Waals surface area contributed by atoms with Gasteiger partial charge in [0.1, 0.15) is 0 Å². The molecule has 0 aromatic carbocycles. The van der Waals surface area contributed by atoms with Gasteiger partial charge in [0.25, 0.3) is 0 Å². The number of carboxylic acid groups (broad SMARTS) is 4. The van der Waals surface area contributed by atoms with Crippen LogP contribution < -0.4 is 64.6 Å². The zero-order chi connectivity index (χ0) is 35.4. The van der Waals surface area contributed by atoms with Crippen LogP contribution in [0.3, 0.4) is 0 Å². The molecule has 4 amide bonds. The van der Waals surface area contributed by atoms with E-state index >= 15 is 0 Å². The second-order valence-corrected chi connectivity index (χ2v) is 8.84. The molecule has 22 nitrogen and oxygen atoms in total. The SMILES string of the molecule is C[C@@H](NCCC(N)=O)C(=O)[O-].C[C@@H](NCCC(N)=O)C(=O)[O-].C[C@@H](NCCC(N)=O)C(=O)[O-].C[C@@H](NCCC(N)=O)C(=O)[O-].O.O.[Cu+2].[Cu+2]. The van der Waals surface area contributed by atoms with Gasteiger partial charge in [0.2, 0.25) is 23.6 Å². The van der Waals surface area contributed by atoms with Gasteiger partial charge in [-0.05, 0) is 27.7 Å². The summed E-state index contributed by atoms with van der Waals surface area (Å²) in [7, 11) is 0. The number of rotatable bonds is 20. The zero-order valence-corrected chi connectivity index (χ0v) is 28.7. The fourth-order valence-electron chi connectivity index (χ4n) is 1.98. The van der Waals surface area contributed by atoms with E-state index in [1.54, 1.807) is 0 Å². The van der Waals surface area contributed by atoms with E-state index in [1.165, 1.54) is 27.7 Å². The average molecular weight is 800 g/mol. The van der Waals surface area contributed by atoms with Crippen molar-refractivity contribution in [2.75, 3.05) is 26.2 Å². The van der Waals surface area contributed by atoms with Gasteiger partial charge in [0.15, 0.2) is 0 Å². The molecule has 0 rings (SSSR count). The van der Waals surface area contributed by atoms with Gasteiger partial charge in [-0.15, -0.1) is 0 Å². The molecule has 16 N–H and O–H groups in total. The van der Waals surface area contributed by atoms with Crippen LogP contribution in [-0.2, 0) is 72.5 Å². The van der Waals surface area contributed by atoms with Gasteiger partial charge in [0.05, 0.1) is 23.9 Å². The first-order chi connectivity index (χ1) is 20.1. The van der Waals surface area contributed by atoms with Gasteiger partial charge >= 0.3 is 34.1 Å². The maximum Gasteiger partial charge on any atom is 2.00 e. The van der Waals surface area contributed by atoms with Gasteiger partial charge in [-0.3, -0.25) is 19.2 Å². The molecule has 0 saturated heterocycles. The predicted octanol–water partition coefficient (Wildman–Crippen LogP) is -11.3. The first-order valence-corrected chi connectivity index (χ1v) is 13.1. The first-order valence-electron chi connectivity index (χ1n) is 13.1. The summed E-state index contributed by atoms with van der Waals surface area (Å²) in [5, 5.41) is 50.5. The summed E-state index contributed by atoms with van der Waals surface area (Å²) in [4.78, 5) is 81.0. The molecule has 0 spiro atoms. The summed E-state index contributed by atoms with van der Waals surface area (Å²) >= 11 is 0. The van der Waals surface area contributed by atoms with Crippen LogP contribution >= 0.6 is 0 Å². The predicted molar refractivity (Wildman–Crippen MR) is 152 cm³/mol. The van der Waals surface area contributed by atoms with E-state index < -0.39 is 71.7 Å². The van der Waals surface area contributed by atoms with Crippen molar-refractivity contribution in [1.82, 2.24) is 21.3 Å². The topological polar surface area (TPSA) is 444 Å². The Hall–Kier alpha value is -3.44. The first kappa shape index (κ1) is 63.3. The van der Waals surface area contributed by atoms with Crippen molar-refractivity contribution < 1.29 is 104 Å². The molecule has 0 aliphatic rings. The van der Waals surface area contributed by atoms with E-state index in [1.807, 2.05) is 0 Å². The van der Waals surface area contributed by atoms with Crippen molar-refractivity contribution in [2.24, 2.45) is 22.9 Å². The molecule has 290 valence electrons. The Labute approximate surface area is 298 Å². The number of carbonyl (C=O) groups is 8. The third-order valence-electron chi connectivity index (χ3n) is 4.70. The van der Waals surface area contributed by atoms with Crippen LogP contribution in [0.2, 0.25) is 0 Å². The van der Waals surface area contributed by atoms with E-state index in [0.717, 1.165) is 0 Å². The van der Waals surface area contributed by atoms with Crippen molar-refractivity contribution in [1.29, 1.82) is 0 Å². The molecule has 0 saturated carbocycles. The third kappa shape index (κ3) is 55.0. The van der Waals surface area contributed by atoms with Crippen molar-refractivity contribution in [3.05, 3.63) is 0 Å². The van der Waals surface area contributed by atoms with Gasteiger partial charge in [0, 0.05) is 76.0 Å². The van der Waals surface area contributed by atoms with E-state index in [-0.39, 0.29) is 97.0 Å². The summed E-state index contributed by atoms with van der Waals surface area (Å²) in [6.45, 7) is 6.84. The zero-order valence-electron chi connectivity index (χ0n) is 26.8. The van der Waals surface area contributed by atoms with E-state index in [9.17, 15) is 58.8 Å². The molecule has 0 aliphatic heterocycles. The molecule has 0 aromatic rings. The Morgan fingerprint density at radius 1 is 0.417 bits per heavy atom. The Balaban J connectivity index is -0.0000000721. The molecule has 0 aromatic heterocycles. The van der Waals surface area contributed by atoms with Gasteiger partial charge < -0.3 is 94.8 Å². The average Bonchev–Trinajstić information content (AvgIpc) is 2.88. The number of hydrogen-bond donors (Lipinski definition) is 8. The minimum atomic E-state index is -1.19. The number of carboxylic acids is 4. The minimum absolute atomic E-state index is 0. The largest absolute Gasteiger partial charge is 2.00 e. The molecule has 0 bridgehead atoms. The van der Waals surface area contributed by atoms with E-state index in [0.29, 0.717) is 0 Å². The van der Waals surface area contributed by atoms with Crippen LogP contribution in [0.25, 0.3) is 0 Å². The van der Waals surface area contributed by atoms with E-state index in [2.05, 4.69) is 21.3 Å². The van der Waals surface area contributed by atoms with Crippen LogP contribution in [-0.4, -0.2) is 109 Å². The summed E-state index contributed by atoms with van der Waals surface area (Å²) in [6, 6.07) is -2.97. The van der Waals surface area contributed by atoms with Crippen LogP contribution in [0.5, 0.6) is 0 Å². The number of nitrogens with two attached hydrogens (primary N) is 4. The standard InChI is InChI=1S/4C6H12N2O3.2Cu.2H2O/c4*1-4(6(10)11)8-3-2-5(7)9;;;;/h4*4,8H,2-3H2,1H3,(H2,7,9)(H,10,11);;;2*1H2/q;;;;2*+2;;/p-4/t4*4-;;;;/m1111..../s1. The van der Waals surface area contributed by atoms with Crippen LogP contribution in [0.15, 0.2) is 0 Å². The Morgan fingerprint density at radius 3 is 0.625 bits per heavy atom. The Morgan fingerprint density at radius 2 is 0.542 bits per heavy atom. The summed E-state index contributed by atoms with van der Waals surface area (Å²) in [5.41, 5.74) is 19.3. The molecule has 48 heavy (non-hydrogen) atoms. The second kappa shape index (κ2) is 39.7. The summed E-state index contributed by atoms with van der Waals surface area (Å²) in [6.07, 6.45) is 0.546. The molecule has 0 heterocycles. The van der Waals surface area contributed by atoms with Crippen molar-refractivity contribution in [3.8, 4) is 0 Å². The molecule has 0 unspecified atom stereocenters. The molecular formula is C24H48Cu2N8O14. The maximum absolute atomic E-state index is 10.2. The molecule has 0 fully saturated rings. The monoisotopic (exact) mass is 798 g/mol. The fraction of sp³-hybridized carbons (Fsp3) is 0.667. The van der Waals surface area contributed by atoms with Crippen molar-refractivity contribution >= 4 is 47.5 Å². The molecule has 2 radical (unpaired) electrons. The fourth-order valence-corrected chi connectivity index (χ4v) is 1.98. The number of nitrogens with one attached hydrogen (secondary N) is 4. The Kier molecular flexibility index (Phi) is 52.4. The molecular weight excluding hydrogens is 751 g/mol. The molecule has 4 atom stereocenters. The normalized spacial score (nSPS) is 11.4.